The molecule has 1 amide bonds. The molecule has 1 aliphatic rings. The largest absolute Gasteiger partial charge is 0.480 e. The highest BCUT2D eigenvalue weighted by atomic mass is 32.2. The topological polar surface area (TPSA) is 95.0 Å². The molecule has 1 aromatic rings. The van der Waals surface area contributed by atoms with Crippen molar-refractivity contribution in [1.82, 2.24) is 9.21 Å². The second kappa shape index (κ2) is 7.31. The maximum Gasteiger partial charge on any atom is 0.326 e. The van der Waals surface area contributed by atoms with Gasteiger partial charge in [0, 0.05) is 25.7 Å². The Morgan fingerprint density at radius 1 is 1.12 bits per heavy atom. The minimum Gasteiger partial charge on any atom is -0.480 e. The van der Waals surface area contributed by atoms with Crippen LogP contribution in [0.2, 0.25) is 0 Å². The third kappa shape index (κ3) is 3.76. The van der Waals surface area contributed by atoms with Crippen LogP contribution in [0.15, 0.2) is 29.2 Å². The smallest absolute Gasteiger partial charge is 0.326 e. The number of carbonyl (C=O) groups is 2. The van der Waals surface area contributed by atoms with Crippen LogP contribution >= 0.6 is 0 Å². The van der Waals surface area contributed by atoms with Gasteiger partial charge in [0.2, 0.25) is 10.0 Å². The van der Waals surface area contributed by atoms with E-state index in [-0.39, 0.29) is 10.5 Å². The Labute approximate surface area is 141 Å². The molecule has 1 fully saturated rings. The summed E-state index contributed by atoms with van der Waals surface area (Å²) in [4.78, 5) is 24.5. The summed E-state index contributed by atoms with van der Waals surface area (Å²) in [7, 11) is -2.14. The van der Waals surface area contributed by atoms with Crippen molar-refractivity contribution in [2.75, 3.05) is 20.1 Å². The number of benzene rings is 1. The van der Waals surface area contributed by atoms with Gasteiger partial charge in [-0.1, -0.05) is 6.42 Å². The predicted molar refractivity (Wildman–Crippen MR) is 88.2 cm³/mol. The molecule has 0 spiro atoms. The van der Waals surface area contributed by atoms with Crippen LogP contribution in [0.5, 0.6) is 0 Å². The maximum atomic E-state index is 12.6. The van der Waals surface area contributed by atoms with Gasteiger partial charge < -0.3 is 10.0 Å². The number of hydrogen-bond acceptors (Lipinski definition) is 4. The monoisotopic (exact) mass is 354 g/mol. The summed E-state index contributed by atoms with van der Waals surface area (Å²) in [6.07, 6.45) is 2.74. The normalized spacial score (nSPS) is 17.2. The van der Waals surface area contributed by atoms with E-state index in [0.29, 0.717) is 13.1 Å². The lowest BCUT2D eigenvalue weighted by Gasteiger charge is -2.26. The first kappa shape index (κ1) is 18.4. The Morgan fingerprint density at radius 2 is 1.67 bits per heavy atom. The van der Waals surface area contributed by atoms with E-state index in [2.05, 4.69) is 0 Å². The second-order valence-electron chi connectivity index (χ2n) is 5.92. The van der Waals surface area contributed by atoms with E-state index in [9.17, 15) is 18.0 Å². The van der Waals surface area contributed by atoms with Crippen LogP contribution in [0.4, 0.5) is 0 Å². The Bertz CT molecular complexity index is 708. The van der Waals surface area contributed by atoms with Gasteiger partial charge in [0.05, 0.1) is 4.90 Å². The quantitative estimate of drug-likeness (QED) is 0.862. The van der Waals surface area contributed by atoms with Crippen molar-refractivity contribution >= 4 is 21.9 Å². The molecule has 0 bridgehead atoms. The molecule has 24 heavy (non-hydrogen) atoms. The number of carbonyl (C=O) groups excluding carboxylic acids is 1. The molecule has 2 rings (SSSR count). The number of carboxylic acid groups (broad SMARTS) is 1. The van der Waals surface area contributed by atoms with Gasteiger partial charge in [-0.2, -0.15) is 4.31 Å². The first-order chi connectivity index (χ1) is 11.2. The minimum atomic E-state index is -3.54. The zero-order valence-corrected chi connectivity index (χ0v) is 14.6. The van der Waals surface area contributed by atoms with Crippen LogP contribution in [0.1, 0.15) is 36.5 Å². The number of aliphatic carboxylic acids is 1. The van der Waals surface area contributed by atoms with E-state index >= 15 is 0 Å². The van der Waals surface area contributed by atoms with Crippen LogP contribution in [0.25, 0.3) is 0 Å². The first-order valence-corrected chi connectivity index (χ1v) is 9.29. The summed E-state index contributed by atoms with van der Waals surface area (Å²) >= 11 is 0. The van der Waals surface area contributed by atoms with Crippen molar-refractivity contribution in [3.8, 4) is 0 Å². The number of sulfonamides is 1. The van der Waals surface area contributed by atoms with Crippen molar-refractivity contribution in [2.45, 2.75) is 37.1 Å². The zero-order chi connectivity index (χ0) is 17.9. The van der Waals surface area contributed by atoms with E-state index < -0.39 is 27.9 Å². The number of piperidine rings is 1. The Kier molecular flexibility index (Phi) is 5.61. The molecule has 0 aromatic heterocycles. The van der Waals surface area contributed by atoms with Gasteiger partial charge in [-0.05, 0) is 44.0 Å². The van der Waals surface area contributed by atoms with Crippen molar-refractivity contribution in [2.24, 2.45) is 0 Å². The van der Waals surface area contributed by atoms with Gasteiger partial charge in [0.1, 0.15) is 6.04 Å². The molecule has 0 aliphatic carbocycles. The van der Waals surface area contributed by atoms with Crippen molar-refractivity contribution in [3.05, 3.63) is 29.8 Å². The molecule has 1 aromatic carbocycles. The van der Waals surface area contributed by atoms with Crippen molar-refractivity contribution in [3.63, 3.8) is 0 Å². The zero-order valence-electron chi connectivity index (χ0n) is 13.8. The summed E-state index contributed by atoms with van der Waals surface area (Å²) in [5, 5.41) is 8.96. The molecule has 1 heterocycles. The Morgan fingerprint density at radius 3 is 2.17 bits per heavy atom. The number of rotatable bonds is 5. The first-order valence-electron chi connectivity index (χ1n) is 7.85. The summed E-state index contributed by atoms with van der Waals surface area (Å²) in [5.41, 5.74) is 0.253. The van der Waals surface area contributed by atoms with E-state index in [1.807, 2.05) is 0 Å². The molecule has 1 N–H and O–H groups in total. The van der Waals surface area contributed by atoms with Gasteiger partial charge in [-0.15, -0.1) is 0 Å². The third-order valence-corrected chi connectivity index (χ3v) is 6.23. The molecule has 1 atom stereocenters. The third-order valence-electron chi connectivity index (χ3n) is 4.31. The van der Waals surface area contributed by atoms with Crippen molar-refractivity contribution < 1.29 is 23.1 Å². The summed E-state index contributed by atoms with van der Waals surface area (Å²) in [6, 6.07) is 4.68. The summed E-state index contributed by atoms with van der Waals surface area (Å²) < 4.78 is 26.6. The van der Waals surface area contributed by atoms with Gasteiger partial charge in [0.25, 0.3) is 5.91 Å². The molecular weight excluding hydrogens is 332 g/mol. The number of amides is 1. The Balaban J connectivity index is 2.18. The lowest BCUT2D eigenvalue weighted by molar-refractivity contribution is -0.141. The highest BCUT2D eigenvalue weighted by Gasteiger charge is 2.27. The van der Waals surface area contributed by atoms with Crippen LogP contribution in [0.3, 0.4) is 0 Å². The second-order valence-corrected chi connectivity index (χ2v) is 7.86. The van der Waals surface area contributed by atoms with E-state index in [1.165, 1.54) is 42.5 Å². The van der Waals surface area contributed by atoms with Gasteiger partial charge in [-0.25, -0.2) is 13.2 Å². The van der Waals surface area contributed by atoms with Gasteiger partial charge >= 0.3 is 5.97 Å². The van der Waals surface area contributed by atoms with Crippen LogP contribution < -0.4 is 0 Å². The highest BCUT2D eigenvalue weighted by Crippen LogP contribution is 2.21. The number of likely N-dealkylation sites (N-methyl/N-ethyl adjacent to an activating group) is 1. The lowest BCUT2D eigenvalue weighted by atomic mass is 10.2. The molecule has 1 aliphatic heterocycles. The molecule has 1 saturated heterocycles. The maximum absolute atomic E-state index is 12.6. The molecule has 0 radical (unpaired) electrons. The average Bonchev–Trinajstić information content (AvgIpc) is 2.60. The van der Waals surface area contributed by atoms with Crippen LogP contribution in [-0.4, -0.2) is 60.8 Å². The molecule has 1 unspecified atom stereocenters. The predicted octanol–water partition coefficient (Wildman–Crippen LogP) is 1.41. The molecular formula is C16H22N2O5S. The number of nitrogens with zero attached hydrogens (tertiary/aromatic N) is 2. The van der Waals surface area contributed by atoms with Gasteiger partial charge in [0.15, 0.2) is 0 Å². The molecule has 132 valence electrons. The number of carboxylic acids is 1. The highest BCUT2D eigenvalue weighted by molar-refractivity contribution is 7.89. The minimum absolute atomic E-state index is 0.148. The van der Waals surface area contributed by atoms with Crippen molar-refractivity contribution in [1.29, 1.82) is 0 Å². The van der Waals surface area contributed by atoms with E-state index in [1.54, 1.807) is 0 Å². The molecule has 8 heteroatoms. The van der Waals surface area contributed by atoms with Gasteiger partial charge in [-0.3, -0.25) is 4.79 Å². The number of hydrogen-bond donors (Lipinski definition) is 1. The fourth-order valence-electron chi connectivity index (χ4n) is 2.57. The molecule has 0 saturated carbocycles. The van der Waals surface area contributed by atoms with E-state index in [0.717, 1.165) is 24.2 Å². The average molecular weight is 354 g/mol. The summed E-state index contributed by atoms with van der Waals surface area (Å²) in [6.45, 7) is 2.44. The van der Waals surface area contributed by atoms with Crippen LogP contribution in [0, 0.1) is 0 Å². The summed E-state index contributed by atoms with van der Waals surface area (Å²) in [5.74, 6) is -1.57. The fraction of sp³-hybridized carbons (Fsp3) is 0.500. The SMILES string of the molecule is CC(C(=O)O)N(C)C(=O)c1ccc(S(=O)(=O)N2CCCCC2)cc1. The molecule has 7 nitrogen and oxygen atoms in total. The lowest BCUT2D eigenvalue weighted by Crippen LogP contribution is -2.40. The van der Waals surface area contributed by atoms with Crippen LogP contribution in [-0.2, 0) is 14.8 Å². The van der Waals surface area contributed by atoms with E-state index in [4.69, 9.17) is 5.11 Å². The fourth-order valence-corrected chi connectivity index (χ4v) is 4.09. The standard InChI is InChI=1S/C16H22N2O5S/c1-12(16(20)21)17(2)15(19)13-6-8-14(9-7-13)24(22,23)18-10-4-3-5-11-18/h6-9,12H,3-5,10-11H2,1-2H3,(H,20,21). The Hall–Kier alpha value is -1.93.